The van der Waals surface area contributed by atoms with Crippen molar-refractivity contribution >= 4 is 23.1 Å². The molecule has 0 aliphatic carbocycles. The Balaban J connectivity index is 2.82. The fourth-order valence-electron chi connectivity index (χ4n) is 1.50. The van der Waals surface area contributed by atoms with Crippen LogP contribution in [0.5, 0.6) is 5.75 Å². The number of Topliss-reactive ketones (excluding diaryl/α,β-unsaturated/α-hetero) is 1. The number of phenolic OH excluding ortho intramolecular Hbond substituents is 1. The number of hydrogen-bond acceptors (Lipinski definition) is 3. The van der Waals surface area contributed by atoms with E-state index in [1.807, 2.05) is 0 Å². The first-order chi connectivity index (χ1) is 7.56. The number of nitrogen functional groups attached to an aromatic ring is 1. The molecular formula is C12H16ClNO2. The summed E-state index contributed by atoms with van der Waals surface area (Å²) in [5.41, 5.74) is 5.90. The number of nitrogens with two attached hydrogens (primary N) is 1. The number of aromatic hydroxyl groups is 1. The average Bonchev–Trinajstić information content (AvgIpc) is 2.23. The van der Waals surface area contributed by atoms with Crippen LogP contribution in [0.15, 0.2) is 12.1 Å². The van der Waals surface area contributed by atoms with E-state index in [9.17, 15) is 9.90 Å². The Morgan fingerprint density at radius 1 is 1.44 bits per heavy atom. The van der Waals surface area contributed by atoms with Crippen LogP contribution in [-0.2, 0) is 0 Å². The lowest BCUT2D eigenvalue weighted by atomic mass is 10.0. The summed E-state index contributed by atoms with van der Waals surface area (Å²) in [6, 6.07) is 2.89. The highest BCUT2D eigenvalue weighted by Gasteiger charge is 2.14. The van der Waals surface area contributed by atoms with Crippen molar-refractivity contribution in [3.05, 3.63) is 22.7 Å². The Hall–Kier alpha value is -1.22. The molecule has 0 saturated heterocycles. The van der Waals surface area contributed by atoms with Gasteiger partial charge in [-0.05, 0) is 18.6 Å². The van der Waals surface area contributed by atoms with Gasteiger partial charge < -0.3 is 10.8 Å². The van der Waals surface area contributed by atoms with E-state index in [2.05, 4.69) is 6.92 Å². The second kappa shape index (κ2) is 5.75. The molecule has 0 bridgehead atoms. The van der Waals surface area contributed by atoms with Crippen LogP contribution in [-0.4, -0.2) is 10.9 Å². The average molecular weight is 242 g/mol. The van der Waals surface area contributed by atoms with Gasteiger partial charge in [0.05, 0.1) is 11.3 Å². The topological polar surface area (TPSA) is 63.3 Å². The molecule has 0 heterocycles. The van der Waals surface area contributed by atoms with Gasteiger partial charge in [0.1, 0.15) is 5.75 Å². The fraction of sp³-hybridized carbons (Fsp3) is 0.417. The zero-order valence-corrected chi connectivity index (χ0v) is 10.0. The van der Waals surface area contributed by atoms with E-state index < -0.39 is 0 Å². The third-order valence-electron chi connectivity index (χ3n) is 2.41. The summed E-state index contributed by atoms with van der Waals surface area (Å²) < 4.78 is 0. The van der Waals surface area contributed by atoms with Crippen molar-refractivity contribution in [3.8, 4) is 5.75 Å². The van der Waals surface area contributed by atoms with E-state index in [1.54, 1.807) is 0 Å². The van der Waals surface area contributed by atoms with Crippen molar-refractivity contribution in [2.75, 3.05) is 5.73 Å². The summed E-state index contributed by atoms with van der Waals surface area (Å²) in [5.74, 6) is -0.272. The van der Waals surface area contributed by atoms with E-state index in [1.165, 1.54) is 12.1 Å². The molecule has 0 aromatic heterocycles. The monoisotopic (exact) mass is 241 g/mol. The van der Waals surface area contributed by atoms with Gasteiger partial charge in [-0.3, -0.25) is 4.79 Å². The van der Waals surface area contributed by atoms with E-state index in [-0.39, 0.29) is 22.8 Å². The number of ketones is 1. The highest BCUT2D eigenvalue weighted by atomic mass is 35.5. The summed E-state index contributed by atoms with van der Waals surface area (Å²) in [6.45, 7) is 2.07. The van der Waals surface area contributed by atoms with Crippen LogP contribution in [0.3, 0.4) is 0 Å². The number of anilines is 1. The predicted molar refractivity (Wildman–Crippen MR) is 66.0 cm³/mol. The normalized spacial score (nSPS) is 10.4. The highest BCUT2D eigenvalue weighted by Crippen LogP contribution is 2.30. The molecule has 0 amide bonds. The standard InChI is InChI=1S/C12H16ClNO2/c1-2-3-4-5-11(15)9-6-8(13)7-10(14)12(9)16/h6-7,16H,2-5,14H2,1H3. The molecule has 0 spiro atoms. The molecule has 4 heteroatoms. The van der Waals surface area contributed by atoms with Crippen LogP contribution in [0.1, 0.15) is 43.0 Å². The predicted octanol–water partition coefficient (Wildman–Crippen LogP) is 3.39. The first-order valence-electron chi connectivity index (χ1n) is 5.37. The molecule has 0 aliphatic heterocycles. The molecule has 0 unspecified atom stereocenters. The largest absolute Gasteiger partial charge is 0.505 e. The molecule has 0 fully saturated rings. The van der Waals surface area contributed by atoms with E-state index in [0.29, 0.717) is 11.4 Å². The van der Waals surface area contributed by atoms with Crippen molar-refractivity contribution in [2.24, 2.45) is 0 Å². The molecule has 1 aromatic rings. The maximum atomic E-state index is 11.8. The molecule has 88 valence electrons. The SMILES string of the molecule is CCCCCC(=O)c1cc(Cl)cc(N)c1O. The minimum atomic E-state index is -0.161. The van der Waals surface area contributed by atoms with Gasteiger partial charge in [-0.1, -0.05) is 31.4 Å². The van der Waals surface area contributed by atoms with E-state index in [4.69, 9.17) is 17.3 Å². The van der Waals surface area contributed by atoms with Crippen molar-refractivity contribution < 1.29 is 9.90 Å². The van der Waals surface area contributed by atoms with Gasteiger partial charge in [0, 0.05) is 11.4 Å². The Labute approximate surface area is 100 Å². The molecule has 0 atom stereocenters. The quantitative estimate of drug-likeness (QED) is 0.359. The number of hydrogen-bond donors (Lipinski definition) is 2. The molecule has 1 rings (SSSR count). The van der Waals surface area contributed by atoms with Crippen molar-refractivity contribution in [3.63, 3.8) is 0 Å². The summed E-state index contributed by atoms with van der Waals surface area (Å²) in [6.07, 6.45) is 3.29. The third-order valence-corrected chi connectivity index (χ3v) is 2.63. The summed E-state index contributed by atoms with van der Waals surface area (Å²) in [5, 5.41) is 10.0. The molecule has 16 heavy (non-hydrogen) atoms. The molecule has 0 aliphatic rings. The molecule has 1 aromatic carbocycles. The zero-order chi connectivity index (χ0) is 12.1. The minimum absolute atomic E-state index is 0.111. The third kappa shape index (κ3) is 3.14. The van der Waals surface area contributed by atoms with E-state index in [0.717, 1.165) is 19.3 Å². The first-order valence-corrected chi connectivity index (χ1v) is 5.75. The number of benzene rings is 1. The van der Waals surface area contributed by atoms with Crippen LogP contribution in [0.2, 0.25) is 5.02 Å². The summed E-state index contributed by atoms with van der Waals surface area (Å²) >= 11 is 5.78. The lowest BCUT2D eigenvalue weighted by Crippen LogP contribution is -2.01. The second-order valence-corrected chi connectivity index (χ2v) is 4.21. The van der Waals surface area contributed by atoms with Gasteiger partial charge in [-0.2, -0.15) is 0 Å². The smallest absolute Gasteiger partial charge is 0.166 e. The van der Waals surface area contributed by atoms with Gasteiger partial charge in [0.25, 0.3) is 0 Å². The molecule has 0 radical (unpaired) electrons. The Kier molecular flexibility index (Phi) is 4.62. The highest BCUT2D eigenvalue weighted by molar-refractivity contribution is 6.31. The Morgan fingerprint density at radius 2 is 2.12 bits per heavy atom. The van der Waals surface area contributed by atoms with Gasteiger partial charge in [0.2, 0.25) is 0 Å². The van der Waals surface area contributed by atoms with Crippen LogP contribution in [0.4, 0.5) is 5.69 Å². The van der Waals surface area contributed by atoms with Crippen molar-refractivity contribution in [1.82, 2.24) is 0 Å². The van der Waals surface area contributed by atoms with E-state index >= 15 is 0 Å². The van der Waals surface area contributed by atoms with Crippen molar-refractivity contribution in [2.45, 2.75) is 32.6 Å². The Bertz CT molecular complexity index is 391. The summed E-state index contributed by atoms with van der Waals surface area (Å²) in [4.78, 5) is 11.8. The minimum Gasteiger partial charge on any atom is -0.505 e. The van der Waals surface area contributed by atoms with Crippen LogP contribution < -0.4 is 5.73 Å². The maximum Gasteiger partial charge on any atom is 0.166 e. The van der Waals surface area contributed by atoms with Crippen LogP contribution in [0, 0.1) is 0 Å². The zero-order valence-electron chi connectivity index (χ0n) is 9.29. The van der Waals surface area contributed by atoms with Gasteiger partial charge in [0.15, 0.2) is 5.78 Å². The fourth-order valence-corrected chi connectivity index (χ4v) is 1.73. The Morgan fingerprint density at radius 3 is 2.75 bits per heavy atom. The molecule has 3 nitrogen and oxygen atoms in total. The van der Waals surface area contributed by atoms with Crippen molar-refractivity contribution in [1.29, 1.82) is 0 Å². The van der Waals surface area contributed by atoms with Crippen LogP contribution >= 0.6 is 11.6 Å². The molecule has 0 saturated carbocycles. The number of carbonyl (C=O) groups is 1. The number of unbranched alkanes of at least 4 members (excludes halogenated alkanes) is 2. The number of phenols is 1. The second-order valence-electron chi connectivity index (χ2n) is 3.77. The first kappa shape index (κ1) is 12.8. The molecular weight excluding hydrogens is 226 g/mol. The van der Waals surface area contributed by atoms with Crippen LogP contribution in [0.25, 0.3) is 0 Å². The lowest BCUT2D eigenvalue weighted by Gasteiger charge is -2.07. The lowest BCUT2D eigenvalue weighted by molar-refractivity contribution is 0.0977. The van der Waals surface area contributed by atoms with Gasteiger partial charge >= 0.3 is 0 Å². The maximum absolute atomic E-state index is 11.8. The number of rotatable bonds is 5. The molecule has 3 N–H and O–H groups in total. The van der Waals surface area contributed by atoms with Gasteiger partial charge in [-0.25, -0.2) is 0 Å². The number of halogens is 1. The van der Waals surface area contributed by atoms with Gasteiger partial charge in [-0.15, -0.1) is 0 Å². The summed E-state index contributed by atoms with van der Waals surface area (Å²) in [7, 11) is 0. The number of carbonyl (C=O) groups excluding carboxylic acids is 1.